The summed E-state index contributed by atoms with van der Waals surface area (Å²) in [5.41, 5.74) is 2.34. The molecule has 0 aliphatic carbocycles. The van der Waals surface area contributed by atoms with E-state index in [9.17, 15) is 4.79 Å². The molecule has 4 nitrogen and oxygen atoms in total. The molecule has 1 aliphatic heterocycles. The minimum absolute atomic E-state index is 0.0826. The van der Waals surface area contributed by atoms with E-state index in [0.29, 0.717) is 6.54 Å². The highest BCUT2D eigenvalue weighted by Crippen LogP contribution is 2.20. The molecule has 2 aromatic heterocycles. The van der Waals surface area contributed by atoms with Gasteiger partial charge >= 0.3 is 0 Å². The first-order chi connectivity index (χ1) is 9.74. The summed E-state index contributed by atoms with van der Waals surface area (Å²) < 4.78 is 4.62. The zero-order chi connectivity index (χ0) is 13.7. The highest BCUT2D eigenvalue weighted by Gasteiger charge is 2.10. The third-order valence-corrected chi connectivity index (χ3v) is 4.72. The van der Waals surface area contributed by atoms with Crippen molar-refractivity contribution >= 4 is 28.3 Å². The number of fused-ring (bicyclic) bond motifs is 2. The van der Waals surface area contributed by atoms with Gasteiger partial charge in [0.15, 0.2) is 4.80 Å². The number of hydrogen-bond donors (Lipinski definition) is 0. The van der Waals surface area contributed by atoms with E-state index >= 15 is 0 Å². The van der Waals surface area contributed by atoms with Crippen LogP contribution in [0.3, 0.4) is 0 Å². The topological polar surface area (TPSA) is 39.3 Å². The maximum atomic E-state index is 12.3. The SMILES string of the molecule is Cn1cc(/C=c2\sc3n(c2=O)CCN=3)c2ccccc21. The molecule has 0 bridgehead atoms. The summed E-state index contributed by atoms with van der Waals surface area (Å²) in [5, 5.41) is 1.17. The fourth-order valence-corrected chi connectivity index (χ4v) is 3.72. The summed E-state index contributed by atoms with van der Waals surface area (Å²) in [6.45, 7) is 1.45. The molecule has 20 heavy (non-hydrogen) atoms. The third-order valence-electron chi connectivity index (χ3n) is 3.67. The van der Waals surface area contributed by atoms with Gasteiger partial charge in [-0.3, -0.25) is 14.4 Å². The largest absolute Gasteiger partial charge is 0.350 e. The fraction of sp³-hybridized carbons (Fsp3) is 0.200. The van der Waals surface area contributed by atoms with Crippen molar-refractivity contribution < 1.29 is 0 Å². The zero-order valence-corrected chi connectivity index (χ0v) is 11.9. The summed E-state index contributed by atoms with van der Waals surface area (Å²) >= 11 is 1.48. The molecule has 0 spiro atoms. The van der Waals surface area contributed by atoms with Gasteiger partial charge in [0.25, 0.3) is 5.56 Å². The average molecular weight is 283 g/mol. The Kier molecular flexibility index (Phi) is 2.44. The van der Waals surface area contributed by atoms with Crippen LogP contribution in [0.15, 0.2) is 40.2 Å². The molecule has 3 aromatic rings. The molecular weight excluding hydrogens is 270 g/mol. The molecule has 4 rings (SSSR count). The van der Waals surface area contributed by atoms with Gasteiger partial charge in [0.2, 0.25) is 0 Å². The average Bonchev–Trinajstić information content (AvgIpc) is 3.10. The predicted molar refractivity (Wildman–Crippen MR) is 80.7 cm³/mol. The van der Waals surface area contributed by atoms with Crippen LogP contribution >= 0.6 is 11.3 Å². The van der Waals surface area contributed by atoms with E-state index in [2.05, 4.69) is 27.9 Å². The van der Waals surface area contributed by atoms with Gasteiger partial charge in [0.1, 0.15) is 0 Å². The molecule has 100 valence electrons. The first-order valence-electron chi connectivity index (χ1n) is 6.54. The Balaban J connectivity index is 2.02. The van der Waals surface area contributed by atoms with Gasteiger partial charge in [0, 0.05) is 36.3 Å². The van der Waals surface area contributed by atoms with E-state index in [1.807, 2.05) is 25.3 Å². The lowest BCUT2D eigenvalue weighted by molar-refractivity contribution is 0.740. The van der Waals surface area contributed by atoms with Crippen molar-refractivity contribution in [2.45, 2.75) is 6.54 Å². The molecule has 0 N–H and O–H groups in total. The van der Waals surface area contributed by atoms with Crippen molar-refractivity contribution in [2.24, 2.45) is 12.0 Å². The summed E-state index contributed by atoms with van der Waals surface area (Å²) in [6, 6.07) is 8.23. The number of benzene rings is 1. The molecular formula is C15H13N3OS. The monoisotopic (exact) mass is 283 g/mol. The number of rotatable bonds is 1. The normalized spacial score (nSPS) is 14.8. The highest BCUT2D eigenvalue weighted by molar-refractivity contribution is 7.07. The lowest BCUT2D eigenvalue weighted by Gasteiger charge is -1.92. The lowest BCUT2D eigenvalue weighted by atomic mass is 10.2. The van der Waals surface area contributed by atoms with Crippen LogP contribution in [0, 0.1) is 0 Å². The zero-order valence-electron chi connectivity index (χ0n) is 11.0. The third kappa shape index (κ3) is 1.59. The van der Waals surface area contributed by atoms with Crippen LogP contribution in [-0.2, 0) is 13.6 Å². The van der Waals surface area contributed by atoms with Gasteiger partial charge < -0.3 is 4.57 Å². The Morgan fingerprint density at radius 2 is 2.20 bits per heavy atom. The van der Waals surface area contributed by atoms with Gasteiger partial charge in [-0.25, -0.2) is 0 Å². The summed E-state index contributed by atoms with van der Waals surface area (Å²) in [7, 11) is 2.02. The summed E-state index contributed by atoms with van der Waals surface area (Å²) in [5.74, 6) is 0. The van der Waals surface area contributed by atoms with Gasteiger partial charge in [0.05, 0.1) is 11.1 Å². The van der Waals surface area contributed by atoms with Gasteiger partial charge in [-0.15, -0.1) is 0 Å². The number of nitrogens with zero attached hydrogens (tertiary/aromatic N) is 3. The molecule has 0 amide bonds. The molecule has 1 aliphatic rings. The van der Waals surface area contributed by atoms with E-state index in [1.54, 1.807) is 4.57 Å². The molecule has 0 atom stereocenters. The Hall–Kier alpha value is -2.14. The van der Waals surface area contributed by atoms with Crippen molar-refractivity contribution in [2.75, 3.05) is 6.54 Å². The number of aryl methyl sites for hydroxylation is 1. The minimum Gasteiger partial charge on any atom is -0.350 e. The molecule has 0 fully saturated rings. The maximum Gasteiger partial charge on any atom is 0.270 e. The van der Waals surface area contributed by atoms with E-state index in [0.717, 1.165) is 21.4 Å². The van der Waals surface area contributed by atoms with Crippen LogP contribution in [0.4, 0.5) is 0 Å². The standard InChI is InChI=1S/C15H13N3OS/c1-17-9-10(11-4-2-3-5-12(11)17)8-13-14(19)18-7-6-16-15(18)20-13/h2-5,8-9H,6-7H2,1H3/b13-8-. The quantitative estimate of drug-likeness (QED) is 0.653. The van der Waals surface area contributed by atoms with Crippen LogP contribution in [-0.4, -0.2) is 15.7 Å². The molecule has 0 saturated carbocycles. The Morgan fingerprint density at radius 1 is 1.35 bits per heavy atom. The first-order valence-corrected chi connectivity index (χ1v) is 7.35. The number of thiazole rings is 1. The second kappa shape index (κ2) is 4.18. The number of hydrogen-bond acceptors (Lipinski definition) is 3. The van der Waals surface area contributed by atoms with Crippen molar-refractivity contribution in [3.05, 3.63) is 55.7 Å². The predicted octanol–water partition coefficient (Wildman–Crippen LogP) is 0.863. The van der Waals surface area contributed by atoms with Crippen LogP contribution in [0.2, 0.25) is 0 Å². The van der Waals surface area contributed by atoms with E-state index < -0.39 is 0 Å². The lowest BCUT2D eigenvalue weighted by Crippen LogP contribution is -2.29. The molecule has 5 heteroatoms. The van der Waals surface area contributed by atoms with E-state index in [4.69, 9.17) is 0 Å². The minimum atomic E-state index is 0.0826. The molecule has 0 radical (unpaired) electrons. The second-order valence-electron chi connectivity index (χ2n) is 4.94. The number of para-hydroxylation sites is 1. The van der Waals surface area contributed by atoms with Gasteiger partial charge in [-0.05, 0) is 12.1 Å². The van der Waals surface area contributed by atoms with Crippen molar-refractivity contribution in [3.63, 3.8) is 0 Å². The van der Waals surface area contributed by atoms with Crippen LogP contribution in [0.25, 0.3) is 17.0 Å². The maximum absolute atomic E-state index is 12.3. The summed E-state index contributed by atoms with van der Waals surface area (Å²) in [4.78, 5) is 17.5. The highest BCUT2D eigenvalue weighted by atomic mass is 32.1. The molecule has 1 aromatic carbocycles. The van der Waals surface area contributed by atoms with E-state index in [-0.39, 0.29) is 5.56 Å². The van der Waals surface area contributed by atoms with Gasteiger partial charge in [-0.1, -0.05) is 29.5 Å². The fourth-order valence-electron chi connectivity index (χ4n) is 2.70. The van der Waals surface area contributed by atoms with Crippen molar-refractivity contribution in [1.29, 1.82) is 0 Å². The van der Waals surface area contributed by atoms with Crippen molar-refractivity contribution in [3.8, 4) is 0 Å². The smallest absolute Gasteiger partial charge is 0.270 e. The molecule has 0 unspecified atom stereocenters. The second-order valence-corrected chi connectivity index (χ2v) is 5.95. The Morgan fingerprint density at radius 3 is 3.05 bits per heavy atom. The van der Waals surface area contributed by atoms with Crippen LogP contribution in [0.1, 0.15) is 5.56 Å². The summed E-state index contributed by atoms with van der Waals surface area (Å²) in [6.07, 6.45) is 4.05. The Bertz CT molecular complexity index is 990. The van der Waals surface area contributed by atoms with Crippen LogP contribution in [0.5, 0.6) is 0 Å². The molecule has 0 saturated heterocycles. The molecule has 3 heterocycles. The number of aromatic nitrogens is 2. The Labute approximate surface area is 118 Å². The first kappa shape index (κ1) is 11.7. The van der Waals surface area contributed by atoms with Crippen molar-refractivity contribution in [1.82, 2.24) is 9.13 Å². The van der Waals surface area contributed by atoms with E-state index in [1.165, 1.54) is 22.2 Å². The van der Waals surface area contributed by atoms with Crippen LogP contribution < -0.4 is 14.9 Å². The van der Waals surface area contributed by atoms with Gasteiger partial charge in [-0.2, -0.15) is 0 Å².